The molecule has 1 aromatic rings. The molecule has 0 saturated heterocycles. The van der Waals surface area contributed by atoms with E-state index in [-0.39, 0.29) is 18.4 Å². The van der Waals surface area contributed by atoms with Crippen molar-refractivity contribution in [3.8, 4) is 5.75 Å². The van der Waals surface area contributed by atoms with Gasteiger partial charge in [-0.05, 0) is 31.5 Å². The Morgan fingerprint density at radius 1 is 1.00 bits per heavy atom. The Morgan fingerprint density at radius 3 is 1.95 bits per heavy atom. The van der Waals surface area contributed by atoms with Crippen LogP contribution in [0, 0.1) is 0 Å². The minimum absolute atomic E-state index is 0.0973. The van der Waals surface area contributed by atoms with Crippen molar-refractivity contribution in [2.75, 3.05) is 13.2 Å². The van der Waals surface area contributed by atoms with Crippen molar-refractivity contribution in [3.63, 3.8) is 0 Å². The van der Waals surface area contributed by atoms with Crippen molar-refractivity contribution in [2.24, 2.45) is 0 Å². The van der Waals surface area contributed by atoms with Gasteiger partial charge in [-0.1, -0.05) is 39.8 Å². The molecular formula is C17H28O4. The summed E-state index contributed by atoms with van der Waals surface area (Å²) in [6, 6.07) is 7.08. The van der Waals surface area contributed by atoms with E-state index >= 15 is 0 Å². The quantitative estimate of drug-likeness (QED) is 0.749. The number of rotatable bonds is 6. The van der Waals surface area contributed by atoms with Crippen LogP contribution in [0.5, 0.6) is 5.75 Å². The highest BCUT2D eigenvalue weighted by Crippen LogP contribution is 2.12. The average Bonchev–Trinajstić information content (AvgIpc) is 2.50. The molecule has 0 spiro atoms. The number of ether oxygens (including phenoxy) is 2. The van der Waals surface area contributed by atoms with Crippen LogP contribution in [0.3, 0.4) is 0 Å². The summed E-state index contributed by atoms with van der Waals surface area (Å²) in [7, 11) is 0. The summed E-state index contributed by atoms with van der Waals surface area (Å²) in [5.74, 6) is 0.316. The molecule has 0 bridgehead atoms. The summed E-state index contributed by atoms with van der Waals surface area (Å²) < 4.78 is 9.95. The zero-order valence-corrected chi connectivity index (χ0v) is 14.1. The third-order valence-corrected chi connectivity index (χ3v) is 2.04. The van der Waals surface area contributed by atoms with E-state index in [1.54, 1.807) is 26.0 Å². The Morgan fingerprint density at radius 2 is 1.52 bits per heavy atom. The van der Waals surface area contributed by atoms with Crippen molar-refractivity contribution >= 4 is 11.8 Å². The number of hydrogen-bond donors (Lipinski definition) is 0. The second-order valence-corrected chi connectivity index (χ2v) is 3.62. The maximum absolute atomic E-state index is 11.0. The Kier molecular flexibility index (Phi) is 14.9. The Hall–Kier alpha value is -1.84. The van der Waals surface area contributed by atoms with Crippen molar-refractivity contribution in [1.82, 2.24) is 0 Å². The third kappa shape index (κ3) is 11.7. The van der Waals surface area contributed by atoms with E-state index in [0.717, 1.165) is 5.56 Å². The number of ketones is 1. The summed E-state index contributed by atoms with van der Waals surface area (Å²) >= 11 is 0. The van der Waals surface area contributed by atoms with Crippen LogP contribution in [-0.4, -0.2) is 25.0 Å². The smallest absolute Gasteiger partial charge is 0.344 e. The molecule has 0 heterocycles. The molecule has 0 aromatic heterocycles. The Labute approximate surface area is 128 Å². The third-order valence-electron chi connectivity index (χ3n) is 2.04. The summed E-state index contributed by atoms with van der Waals surface area (Å²) in [6.07, 6.45) is 0.415. The molecule has 4 heteroatoms. The molecule has 1 rings (SSSR count). The summed E-state index contributed by atoms with van der Waals surface area (Å²) in [6.45, 7) is 11.5. The molecule has 0 fully saturated rings. The molecule has 0 amide bonds. The maximum atomic E-state index is 11.0. The van der Waals surface area contributed by atoms with E-state index in [1.165, 1.54) is 0 Å². The van der Waals surface area contributed by atoms with Crippen LogP contribution in [0.25, 0.3) is 0 Å². The number of carbonyl (C=O) groups is 2. The van der Waals surface area contributed by atoms with Crippen molar-refractivity contribution in [1.29, 1.82) is 0 Å². The topological polar surface area (TPSA) is 52.6 Å². The second-order valence-electron chi connectivity index (χ2n) is 3.62. The largest absolute Gasteiger partial charge is 0.482 e. The van der Waals surface area contributed by atoms with Crippen molar-refractivity contribution in [3.05, 3.63) is 29.8 Å². The van der Waals surface area contributed by atoms with Gasteiger partial charge in [-0.3, -0.25) is 4.79 Å². The van der Waals surface area contributed by atoms with E-state index in [9.17, 15) is 9.59 Å². The van der Waals surface area contributed by atoms with Gasteiger partial charge in [0.05, 0.1) is 6.61 Å². The van der Waals surface area contributed by atoms with Crippen LogP contribution >= 0.6 is 0 Å². The molecule has 0 aliphatic carbocycles. The highest BCUT2D eigenvalue weighted by atomic mass is 16.6. The van der Waals surface area contributed by atoms with Gasteiger partial charge in [0.2, 0.25) is 0 Å². The number of carbonyl (C=O) groups excluding carboxylic acids is 2. The first-order chi connectivity index (χ1) is 10.1. The molecule has 0 aliphatic heterocycles. The number of Topliss-reactive ketones (excluding diaryl/α,β-unsaturated/α-hetero) is 1. The van der Waals surface area contributed by atoms with Gasteiger partial charge >= 0.3 is 5.97 Å². The second kappa shape index (κ2) is 14.6. The van der Waals surface area contributed by atoms with Gasteiger partial charge < -0.3 is 9.47 Å². The Balaban J connectivity index is 0. The maximum Gasteiger partial charge on any atom is 0.344 e. The van der Waals surface area contributed by atoms with Gasteiger partial charge in [0.25, 0.3) is 0 Å². The molecule has 21 heavy (non-hydrogen) atoms. The summed E-state index contributed by atoms with van der Waals surface area (Å²) in [4.78, 5) is 21.9. The first kappa shape index (κ1) is 21.5. The Bertz CT molecular complexity index is 382. The van der Waals surface area contributed by atoms with Crippen LogP contribution in [-0.2, 0) is 20.7 Å². The predicted octanol–water partition coefficient (Wildman–Crippen LogP) is 3.81. The van der Waals surface area contributed by atoms with Gasteiger partial charge in [-0.15, -0.1) is 0 Å². The van der Waals surface area contributed by atoms with Crippen molar-refractivity contribution < 1.29 is 19.1 Å². The highest BCUT2D eigenvalue weighted by Gasteiger charge is 2.03. The lowest BCUT2D eigenvalue weighted by molar-refractivity contribution is -0.145. The fraction of sp³-hybridized carbons (Fsp3) is 0.529. The van der Waals surface area contributed by atoms with Crippen molar-refractivity contribution in [2.45, 2.75) is 48.0 Å². The van der Waals surface area contributed by atoms with Gasteiger partial charge in [0.15, 0.2) is 6.61 Å². The van der Waals surface area contributed by atoms with E-state index in [0.29, 0.717) is 18.8 Å². The first-order valence-electron chi connectivity index (χ1n) is 7.48. The lowest BCUT2D eigenvalue weighted by Crippen LogP contribution is -2.14. The van der Waals surface area contributed by atoms with Crippen LogP contribution in [0.15, 0.2) is 24.3 Å². The molecule has 0 radical (unpaired) electrons. The fourth-order valence-corrected chi connectivity index (χ4v) is 1.34. The molecule has 4 nitrogen and oxygen atoms in total. The van der Waals surface area contributed by atoms with Gasteiger partial charge in [-0.2, -0.15) is 0 Å². The molecule has 120 valence electrons. The van der Waals surface area contributed by atoms with Crippen LogP contribution in [0.4, 0.5) is 0 Å². The van der Waals surface area contributed by atoms with E-state index in [1.807, 2.05) is 39.8 Å². The van der Waals surface area contributed by atoms with Crippen LogP contribution < -0.4 is 4.74 Å². The van der Waals surface area contributed by atoms with Gasteiger partial charge in [-0.25, -0.2) is 4.79 Å². The number of benzene rings is 1. The SMILES string of the molecule is CC.CC.CCOC(=O)COc1ccc(CC(C)=O)cc1. The van der Waals surface area contributed by atoms with Gasteiger partial charge in [0, 0.05) is 6.42 Å². The molecule has 1 aromatic carbocycles. The molecule has 0 N–H and O–H groups in total. The predicted molar refractivity (Wildman–Crippen MR) is 85.7 cm³/mol. The molecule has 0 atom stereocenters. The number of esters is 1. The van der Waals surface area contributed by atoms with Crippen LogP contribution in [0.2, 0.25) is 0 Å². The normalized spacial score (nSPS) is 8.48. The zero-order valence-electron chi connectivity index (χ0n) is 14.1. The minimum atomic E-state index is -0.389. The lowest BCUT2D eigenvalue weighted by atomic mass is 10.1. The standard InChI is InChI=1S/C13H16O4.2C2H6/c1-3-16-13(15)9-17-12-6-4-11(5-7-12)8-10(2)14;2*1-2/h4-7H,3,8-9H2,1-2H3;2*1-2H3. The van der Waals surface area contributed by atoms with E-state index < -0.39 is 0 Å². The average molecular weight is 296 g/mol. The lowest BCUT2D eigenvalue weighted by Gasteiger charge is -2.06. The van der Waals surface area contributed by atoms with Gasteiger partial charge in [0.1, 0.15) is 11.5 Å². The van der Waals surface area contributed by atoms with Crippen LogP contribution in [0.1, 0.15) is 47.1 Å². The number of hydrogen-bond acceptors (Lipinski definition) is 4. The molecular weight excluding hydrogens is 268 g/mol. The first-order valence-corrected chi connectivity index (χ1v) is 7.48. The van der Waals surface area contributed by atoms with E-state index in [2.05, 4.69) is 0 Å². The summed E-state index contributed by atoms with van der Waals surface area (Å²) in [5, 5.41) is 0. The monoisotopic (exact) mass is 296 g/mol. The fourth-order valence-electron chi connectivity index (χ4n) is 1.34. The summed E-state index contributed by atoms with van der Waals surface area (Å²) in [5.41, 5.74) is 0.931. The highest BCUT2D eigenvalue weighted by molar-refractivity contribution is 5.78. The minimum Gasteiger partial charge on any atom is -0.482 e. The van der Waals surface area contributed by atoms with E-state index in [4.69, 9.17) is 9.47 Å². The molecule has 0 saturated carbocycles. The zero-order chi connectivity index (χ0) is 16.7. The molecule has 0 unspecified atom stereocenters. The molecule has 0 aliphatic rings.